The molecule has 1 aliphatic rings. The van der Waals surface area contributed by atoms with Crippen molar-refractivity contribution in [3.05, 3.63) is 0 Å². The smallest absolute Gasteiger partial charge is 0.0660 e. The van der Waals surface area contributed by atoms with E-state index in [4.69, 9.17) is 0 Å². The van der Waals surface area contributed by atoms with Crippen LogP contribution in [-0.2, 0) is 0 Å². The number of hydrogen-bond acceptors (Lipinski definition) is 2. The minimum Gasteiger partial charge on any atom is -0.390 e. The van der Waals surface area contributed by atoms with Crippen molar-refractivity contribution < 1.29 is 5.11 Å². The van der Waals surface area contributed by atoms with E-state index in [0.717, 1.165) is 38.6 Å². The normalized spacial score (nSPS) is 28.3. The van der Waals surface area contributed by atoms with Crippen LogP contribution in [0.3, 0.4) is 0 Å². The molecule has 1 unspecified atom stereocenters. The molecule has 1 saturated heterocycles. The number of aliphatic hydroxyl groups is 1. The molecule has 1 N–H and O–H groups in total. The van der Waals surface area contributed by atoms with Crippen LogP contribution < -0.4 is 0 Å². The lowest BCUT2D eigenvalue weighted by Crippen LogP contribution is -2.31. The Kier molecular flexibility index (Phi) is 5.77. The predicted octanol–water partition coefficient (Wildman–Crippen LogP) is 3.05. The van der Waals surface area contributed by atoms with Gasteiger partial charge in [-0.15, -0.1) is 0 Å². The molecule has 1 rings (SSSR count). The molecule has 0 amide bonds. The third-order valence-corrected chi connectivity index (χ3v) is 3.74. The van der Waals surface area contributed by atoms with Gasteiger partial charge < -0.3 is 10.0 Å². The lowest BCUT2D eigenvalue weighted by Gasteiger charge is -2.27. The third-order valence-electron chi connectivity index (χ3n) is 3.74. The van der Waals surface area contributed by atoms with Crippen molar-refractivity contribution in [2.24, 2.45) is 5.92 Å². The molecule has 2 heteroatoms. The van der Waals surface area contributed by atoms with E-state index in [-0.39, 0.29) is 5.60 Å². The van der Waals surface area contributed by atoms with Crippen LogP contribution in [0.1, 0.15) is 59.3 Å². The summed E-state index contributed by atoms with van der Waals surface area (Å²) in [5.41, 5.74) is -0.368. The van der Waals surface area contributed by atoms with Gasteiger partial charge in [0.15, 0.2) is 0 Å². The molecule has 0 aromatic carbocycles. The summed E-state index contributed by atoms with van der Waals surface area (Å²) in [5, 5.41) is 10.6. The van der Waals surface area contributed by atoms with Gasteiger partial charge in [0.05, 0.1) is 5.60 Å². The molecule has 0 spiro atoms. The second kappa shape index (κ2) is 6.61. The van der Waals surface area contributed by atoms with Gasteiger partial charge in [-0.1, -0.05) is 20.8 Å². The summed E-state index contributed by atoms with van der Waals surface area (Å²) in [6, 6.07) is 0. The minimum absolute atomic E-state index is 0.368. The van der Waals surface area contributed by atoms with Crippen molar-refractivity contribution in [3.63, 3.8) is 0 Å². The molecular formula is C14H29NO. The molecule has 16 heavy (non-hydrogen) atoms. The van der Waals surface area contributed by atoms with Crippen molar-refractivity contribution in [1.29, 1.82) is 0 Å². The fourth-order valence-electron chi connectivity index (χ4n) is 2.58. The Labute approximate surface area is 101 Å². The molecule has 1 fully saturated rings. The van der Waals surface area contributed by atoms with E-state index in [1.165, 1.54) is 19.5 Å². The summed E-state index contributed by atoms with van der Waals surface area (Å²) < 4.78 is 0. The van der Waals surface area contributed by atoms with E-state index < -0.39 is 0 Å². The SMILES string of the molecule is CCCN1CCCC(O)(CCC(C)C)CC1. The van der Waals surface area contributed by atoms with Gasteiger partial charge in [0.2, 0.25) is 0 Å². The molecule has 2 nitrogen and oxygen atoms in total. The highest BCUT2D eigenvalue weighted by atomic mass is 16.3. The molecule has 0 aromatic rings. The van der Waals surface area contributed by atoms with Crippen LogP contribution in [0.5, 0.6) is 0 Å². The maximum absolute atomic E-state index is 10.6. The zero-order chi connectivity index (χ0) is 12.0. The average Bonchev–Trinajstić information content (AvgIpc) is 2.40. The maximum Gasteiger partial charge on any atom is 0.0660 e. The number of nitrogens with zero attached hydrogens (tertiary/aromatic N) is 1. The molecule has 0 saturated carbocycles. The summed E-state index contributed by atoms with van der Waals surface area (Å²) in [7, 11) is 0. The van der Waals surface area contributed by atoms with E-state index in [2.05, 4.69) is 25.7 Å². The summed E-state index contributed by atoms with van der Waals surface area (Å²) in [5.74, 6) is 0.707. The number of likely N-dealkylation sites (tertiary alicyclic amines) is 1. The van der Waals surface area contributed by atoms with E-state index in [0.29, 0.717) is 5.92 Å². The predicted molar refractivity (Wildman–Crippen MR) is 69.6 cm³/mol. The van der Waals surface area contributed by atoms with Gasteiger partial charge in [-0.05, 0) is 57.5 Å². The van der Waals surface area contributed by atoms with E-state index in [1.807, 2.05) is 0 Å². The summed E-state index contributed by atoms with van der Waals surface area (Å²) in [6.45, 7) is 10.2. The lowest BCUT2D eigenvalue weighted by atomic mass is 9.87. The zero-order valence-electron chi connectivity index (χ0n) is 11.3. The first-order valence-corrected chi connectivity index (χ1v) is 7.00. The van der Waals surface area contributed by atoms with Crippen molar-refractivity contribution in [2.75, 3.05) is 19.6 Å². The van der Waals surface area contributed by atoms with Crippen LogP contribution in [0.25, 0.3) is 0 Å². The van der Waals surface area contributed by atoms with E-state index in [9.17, 15) is 5.11 Å². The van der Waals surface area contributed by atoms with Gasteiger partial charge in [0.1, 0.15) is 0 Å². The monoisotopic (exact) mass is 227 g/mol. The highest BCUT2D eigenvalue weighted by molar-refractivity contribution is 4.83. The Balaban J connectivity index is 2.38. The molecule has 0 radical (unpaired) electrons. The van der Waals surface area contributed by atoms with Gasteiger partial charge in [-0.2, -0.15) is 0 Å². The number of hydrogen-bond donors (Lipinski definition) is 1. The molecule has 96 valence electrons. The quantitative estimate of drug-likeness (QED) is 0.780. The standard InChI is InChI=1S/C14H29NO/c1-4-10-15-11-5-7-14(16,9-12-15)8-6-13(2)3/h13,16H,4-12H2,1-3H3. The Morgan fingerprint density at radius 3 is 2.62 bits per heavy atom. The Morgan fingerprint density at radius 1 is 1.25 bits per heavy atom. The minimum atomic E-state index is -0.368. The van der Waals surface area contributed by atoms with Gasteiger partial charge in [0.25, 0.3) is 0 Å². The maximum atomic E-state index is 10.6. The first-order chi connectivity index (χ1) is 7.56. The van der Waals surface area contributed by atoms with Crippen LogP contribution in [0, 0.1) is 5.92 Å². The van der Waals surface area contributed by atoms with Crippen LogP contribution >= 0.6 is 0 Å². The Morgan fingerprint density at radius 2 is 2.00 bits per heavy atom. The van der Waals surface area contributed by atoms with Gasteiger partial charge >= 0.3 is 0 Å². The molecular weight excluding hydrogens is 198 g/mol. The number of rotatable bonds is 5. The van der Waals surface area contributed by atoms with E-state index >= 15 is 0 Å². The first-order valence-electron chi connectivity index (χ1n) is 7.00. The van der Waals surface area contributed by atoms with Crippen molar-refractivity contribution in [2.45, 2.75) is 64.9 Å². The topological polar surface area (TPSA) is 23.5 Å². The molecule has 0 bridgehead atoms. The molecule has 1 aliphatic heterocycles. The Hall–Kier alpha value is -0.0800. The van der Waals surface area contributed by atoms with Crippen LogP contribution in [-0.4, -0.2) is 35.2 Å². The Bertz CT molecular complexity index is 193. The fraction of sp³-hybridized carbons (Fsp3) is 1.00. The molecule has 0 aliphatic carbocycles. The third kappa shape index (κ3) is 4.84. The van der Waals surface area contributed by atoms with Crippen LogP contribution in [0.15, 0.2) is 0 Å². The van der Waals surface area contributed by atoms with Crippen molar-refractivity contribution >= 4 is 0 Å². The molecule has 0 aromatic heterocycles. The van der Waals surface area contributed by atoms with Gasteiger partial charge in [-0.3, -0.25) is 0 Å². The van der Waals surface area contributed by atoms with Crippen LogP contribution in [0.4, 0.5) is 0 Å². The van der Waals surface area contributed by atoms with Gasteiger partial charge in [0, 0.05) is 6.54 Å². The highest BCUT2D eigenvalue weighted by Gasteiger charge is 2.29. The van der Waals surface area contributed by atoms with Crippen molar-refractivity contribution in [1.82, 2.24) is 4.90 Å². The fourth-order valence-corrected chi connectivity index (χ4v) is 2.58. The molecule has 1 heterocycles. The lowest BCUT2D eigenvalue weighted by molar-refractivity contribution is 0.0122. The largest absolute Gasteiger partial charge is 0.390 e. The summed E-state index contributed by atoms with van der Waals surface area (Å²) in [4.78, 5) is 2.51. The van der Waals surface area contributed by atoms with Gasteiger partial charge in [-0.25, -0.2) is 0 Å². The van der Waals surface area contributed by atoms with E-state index in [1.54, 1.807) is 0 Å². The zero-order valence-corrected chi connectivity index (χ0v) is 11.3. The highest BCUT2D eigenvalue weighted by Crippen LogP contribution is 2.28. The first kappa shape index (κ1) is 14.0. The second-order valence-corrected chi connectivity index (χ2v) is 5.85. The summed E-state index contributed by atoms with van der Waals surface area (Å²) >= 11 is 0. The van der Waals surface area contributed by atoms with Crippen molar-refractivity contribution in [3.8, 4) is 0 Å². The second-order valence-electron chi connectivity index (χ2n) is 5.85. The average molecular weight is 227 g/mol. The molecule has 1 atom stereocenters. The van der Waals surface area contributed by atoms with Crippen LogP contribution in [0.2, 0.25) is 0 Å². The summed E-state index contributed by atoms with van der Waals surface area (Å²) in [6.07, 6.45) is 6.51.